The fraction of sp³-hybridized carbons (Fsp3) is 0.154. The predicted octanol–water partition coefficient (Wildman–Crippen LogP) is 3.42. The summed E-state index contributed by atoms with van der Waals surface area (Å²) < 4.78 is 38.7. The molecular formula is C13H11F3N2. The van der Waals surface area contributed by atoms with Crippen molar-refractivity contribution in [2.75, 3.05) is 5.32 Å². The van der Waals surface area contributed by atoms with E-state index in [0.29, 0.717) is 5.56 Å². The van der Waals surface area contributed by atoms with Crippen molar-refractivity contribution in [2.24, 2.45) is 0 Å². The molecule has 0 unspecified atom stereocenters. The maximum absolute atomic E-state index is 13.0. The van der Waals surface area contributed by atoms with Crippen molar-refractivity contribution >= 4 is 5.69 Å². The van der Waals surface area contributed by atoms with Crippen LogP contribution in [0, 0.1) is 24.4 Å². The summed E-state index contributed by atoms with van der Waals surface area (Å²) in [4.78, 5) is 3.98. The molecule has 1 heterocycles. The van der Waals surface area contributed by atoms with Gasteiger partial charge in [0.25, 0.3) is 0 Å². The zero-order chi connectivity index (χ0) is 13.1. The highest BCUT2D eigenvalue weighted by Crippen LogP contribution is 2.15. The van der Waals surface area contributed by atoms with Gasteiger partial charge in [0.2, 0.25) is 0 Å². The molecule has 0 saturated carbocycles. The van der Waals surface area contributed by atoms with E-state index in [1.54, 1.807) is 12.4 Å². The van der Waals surface area contributed by atoms with E-state index in [1.807, 2.05) is 13.0 Å². The molecule has 5 heteroatoms. The fourth-order valence-electron chi connectivity index (χ4n) is 1.57. The largest absolute Gasteiger partial charge is 0.380 e. The molecule has 0 bridgehead atoms. The standard InChI is InChI=1S/C13H11F3N2/c1-8-2-10(7-17-5-8)18-6-9-3-11(14)13(16)12(15)4-9/h2-5,7,18H,6H2,1H3. The first-order valence-corrected chi connectivity index (χ1v) is 5.35. The van der Waals surface area contributed by atoms with Crippen LogP contribution in [0.1, 0.15) is 11.1 Å². The first kappa shape index (κ1) is 12.4. The van der Waals surface area contributed by atoms with E-state index in [-0.39, 0.29) is 6.54 Å². The number of nitrogens with one attached hydrogen (secondary N) is 1. The molecule has 1 aromatic carbocycles. The molecule has 2 rings (SSSR count). The van der Waals surface area contributed by atoms with E-state index in [1.165, 1.54) is 0 Å². The number of pyridine rings is 1. The van der Waals surface area contributed by atoms with Crippen LogP contribution in [0.15, 0.2) is 30.6 Å². The first-order chi connectivity index (χ1) is 8.56. The van der Waals surface area contributed by atoms with Gasteiger partial charge in [-0.15, -0.1) is 0 Å². The minimum atomic E-state index is -1.45. The quantitative estimate of drug-likeness (QED) is 0.847. The Morgan fingerprint density at radius 3 is 2.33 bits per heavy atom. The summed E-state index contributed by atoms with van der Waals surface area (Å²) in [6.07, 6.45) is 3.30. The Balaban J connectivity index is 2.11. The highest BCUT2D eigenvalue weighted by molar-refractivity contribution is 5.43. The summed E-state index contributed by atoms with van der Waals surface area (Å²) in [6, 6.07) is 3.78. The molecule has 0 spiro atoms. The summed E-state index contributed by atoms with van der Waals surface area (Å²) >= 11 is 0. The van der Waals surface area contributed by atoms with E-state index >= 15 is 0 Å². The molecule has 94 valence electrons. The Kier molecular flexibility index (Phi) is 3.50. The third-order valence-corrected chi connectivity index (χ3v) is 2.42. The Hall–Kier alpha value is -2.04. The van der Waals surface area contributed by atoms with Crippen LogP contribution in [0.4, 0.5) is 18.9 Å². The molecule has 0 aliphatic rings. The van der Waals surface area contributed by atoms with Crippen LogP contribution in [0.2, 0.25) is 0 Å². The SMILES string of the molecule is Cc1cncc(NCc2cc(F)c(F)c(F)c2)c1. The van der Waals surface area contributed by atoms with Crippen LogP contribution in [0.5, 0.6) is 0 Å². The van der Waals surface area contributed by atoms with E-state index in [9.17, 15) is 13.2 Å². The zero-order valence-electron chi connectivity index (χ0n) is 9.67. The molecule has 18 heavy (non-hydrogen) atoms. The van der Waals surface area contributed by atoms with Crippen molar-refractivity contribution in [3.05, 3.63) is 59.2 Å². The molecule has 0 amide bonds. The number of halogens is 3. The van der Waals surface area contributed by atoms with E-state index in [4.69, 9.17) is 0 Å². The second-order valence-corrected chi connectivity index (χ2v) is 3.98. The minimum Gasteiger partial charge on any atom is -0.380 e. The van der Waals surface area contributed by atoms with Crippen molar-refractivity contribution in [2.45, 2.75) is 13.5 Å². The number of nitrogens with zero attached hydrogens (tertiary/aromatic N) is 1. The number of hydrogen-bond donors (Lipinski definition) is 1. The molecule has 2 aromatic rings. The second kappa shape index (κ2) is 5.08. The van der Waals surface area contributed by atoms with Crippen LogP contribution in [-0.4, -0.2) is 4.98 Å². The molecular weight excluding hydrogens is 241 g/mol. The lowest BCUT2D eigenvalue weighted by Crippen LogP contribution is -2.02. The van der Waals surface area contributed by atoms with Crippen molar-refractivity contribution in [3.8, 4) is 0 Å². The van der Waals surface area contributed by atoms with Gasteiger partial charge in [0.05, 0.1) is 5.69 Å². The normalized spacial score (nSPS) is 10.4. The van der Waals surface area contributed by atoms with Crippen LogP contribution in [0.25, 0.3) is 0 Å². The summed E-state index contributed by atoms with van der Waals surface area (Å²) in [6.45, 7) is 2.08. The van der Waals surface area contributed by atoms with Crippen LogP contribution >= 0.6 is 0 Å². The lowest BCUT2D eigenvalue weighted by molar-refractivity contribution is 0.445. The minimum absolute atomic E-state index is 0.194. The Labute approximate surface area is 102 Å². The van der Waals surface area contributed by atoms with Crippen molar-refractivity contribution < 1.29 is 13.2 Å². The summed E-state index contributed by atoms with van der Waals surface area (Å²) in [5.41, 5.74) is 2.03. The van der Waals surface area contributed by atoms with Gasteiger partial charge in [-0.2, -0.15) is 0 Å². The molecule has 0 fully saturated rings. The van der Waals surface area contributed by atoms with Crippen molar-refractivity contribution in [1.82, 2.24) is 4.98 Å². The Morgan fingerprint density at radius 1 is 1.06 bits per heavy atom. The van der Waals surface area contributed by atoms with Crippen molar-refractivity contribution in [1.29, 1.82) is 0 Å². The number of hydrogen-bond acceptors (Lipinski definition) is 2. The predicted molar refractivity (Wildman–Crippen MR) is 62.6 cm³/mol. The topological polar surface area (TPSA) is 24.9 Å². The molecule has 0 radical (unpaired) electrons. The number of aryl methyl sites for hydroxylation is 1. The first-order valence-electron chi connectivity index (χ1n) is 5.35. The molecule has 2 nitrogen and oxygen atoms in total. The van der Waals surface area contributed by atoms with Crippen molar-refractivity contribution in [3.63, 3.8) is 0 Å². The molecule has 0 saturated heterocycles. The van der Waals surface area contributed by atoms with Gasteiger partial charge in [-0.25, -0.2) is 13.2 Å². The average Bonchev–Trinajstić information content (AvgIpc) is 2.33. The average molecular weight is 252 g/mol. The highest BCUT2D eigenvalue weighted by atomic mass is 19.2. The summed E-state index contributed by atoms with van der Waals surface area (Å²) in [7, 11) is 0. The van der Waals surface area contributed by atoms with Gasteiger partial charge in [0, 0.05) is 18.9 Å². The van der Waals surface area contributed by atoms with E-state index in [0.717, 1.165) is 23.4 Å². The summed E-state index contributed by atoms with van der Waals surface area (Å²) in [5, 5.41) is 2.96. The Morgan fingerprint density at radius 2 is 1.72 bits per heavy atom. The van der Waals surface area contributed by atoms with Gasteiger partial charge in [-0.05, 0) is 36.2 Å². The molecule has 1 N–H and O–H groups in total. The lowest BCUT2D eigenvalue weighted by Gasteiger charge is -2.07. The third-order valence-electron chi connectivity index (χ3n) is 2.42. The number of aromatic nitrogens is 1. The smallest absolute Gasteiger partial charge is 0.194 e. The van der Waals surface area contributed by atoms with Gasteiger partial charge >= 0.3 is 0 Å². The highest BCUT2D eigenvalue weighted by Gasteiger charge is 2.10. The van der Waals surface area contributed by atoms with Crippen LogP contribution < -0.4 is 5.32 Å². The molecule has 0 aliphatic carbocycles. The van der Waals surface area contributed by atoms with Crippen LogP contribution in [0.3, 0.4) is 0 Å². The van der Waals surface area contributed by atoms with Gasteiger partial charge in [0.15, 0.2) is 17.5 Å². The van der Waals surface area contributed by atoms with Gasteiger partial charge in [-0.1, -0.05) is 0 Å². The number of anilines is 1. The summed E-state index contributed by atoms with van der Waals surface area (Å²) in [5.74, 6) is -3.82. The molecule has 0 atom stereocenters. The zero-order valence-corrected chi connectivity index (χ0v) is 9.67. The monoisotopic (exact) mass is 252 g/mol. The van der Waals surface area contributed by atoms with E-state index < -0.39 is 17.5 Å². The third kappa shape index (κ3) is 2.80. The second-order valence-electron chi connectivity index (χ2n) is 3.98. The fourth-order valence-corrected chi connectivity index (χ4v) is 1.57. The molecule has 0 aliphatic heterocycles. The maximum Gasteiger partial charge on any atom is 0.194 e. The Bertz CT molecular complexity index is 547. The lowest BCUT2D eigenvalue weighted by atomic mass is 10.2. The maximum atomic E-state index is 13.0. The molecule has 1 aromatic heterocycles. The van der Waals surface area contributed by atoms with Gasteiger partial charge in [0.1, 0.15) is 0 Å². The van der Waals surface area contributed by atoms with Gasteiger partial charge < -0.3 is 5.32 Å². The number of rotatable bonds is 3. The van der Waals surface area contributed by atoms with Crippen LogP contribution in [-0.2, 0) is 6.54 Å². The number of benzene rings is 1. The van der Waals surface area contributed by atoms with E-state index in [2.05, 4.69) is 10.3 Å². The van der Waals surface area contributed by atoms with Gasteiger partial charge in [-0.3, -0.25) is 4.98 Å².